The van der Waals surface area contributed by atoms with Crippen LogP contribution in [0.15, 0.2) is 41.4 Å². The second kappa shape index (κ2) is 9.20. The maximum atomic E-state index is 13.4. The zero-order valence-electron chi connectivity index (χ0n) is 16.9. The first-order valence-corrected chi connectivity index (χ1v) is 10.7. The van der Waals surface area contributed by atoms with Gasteiger partial charge in [0.1, 0.15) is 11.1 Å². The van der Waals surface area contributed by atoms with Gasteiger partial charge >= 0.3 is 11.7 Å². The van der Waals surface area contributed by atoms with E-state index in [9.17, 15) is 36.4 Å². The van der Waals surface area contributed by atoms with E-state index < -0.39 is 28.7 Å². The first-order chi connectivity index (χ1) is 15.6. The Hall–Kier alpha value is -2.62. The number of fused-ring (bicyclic) bond motifs is 1. The molecule has 0 saturated heterocycles. The molecule has 1 amide bonds. The van der Waals surface area contributed by atoms with Gasteiger partial charge in [-0.1, -0.05) is 23.2 Å². The molecule has 2 aromatic carbocycles. The quantitative estimate of drug-likeness (QED) is 0.289. The van der Waals surface area contributed by atoms with Gasteiger partial charge in [-0.25, -0.2) is 0 Å². The molecule has 0 aliphatic carbocycles. The fourth-order valence-electron chi connectivity index (χ4n) is 3.03. The van der Waals surface area contributed by atoms with Gasteiger partial charge in [0.05, 0.1) is 28.2 Å². The van der Waals surface area contributed by atoms with E-state index >= 15 is 0 Å². The Kier molecular flexibility index (Phi) is 7.04. The Balaban J connectivity index is 1.86. The fourth-order valence-corrected chi connectivity index (χ4v) is 3.97. The summed E-state index contributed by atoms with van der Waals surface area (Å²) in [6.45, 7) is 0.946. The number of aromatic nitrogens is 2. The summed E-state index contributed by atoms with van der Waals surface area (Å²) in [6, 6.07) is 7.03. The Labute approximate surface area is 202 Å². The molecular formula is C20H12Cl2F6N4OS. The second-order valence-corrected chi connectivity index (χ2v) is 9.20. The lowest BCUT2D eigenvalue weighted by atomic mass is 10.0. The van der Waals surface area contributed by atoms with Gasteiger partial charge < -0.3 is 5.32 Å². The number of thioether (sulfide) groups is 1. The van der Waals surface area contributed by atoms with Crippen molar-refractivity contribution in [2.45, 2.75) is 35.6 Å². The standard InChI is InChI=1S/C20H12Cl2F6N4OS/c1-18(8-29,30-17(33)10-2-4-11(5-3-10)34-20(26,27)28)9-32-7-12-13(19(23,24)25)6-14(21)15(22)16(12)31-32/h2-7H,9H2,1H3,(H,30,33)/t18-/m1/s1. The normalized spacial score (nSPS) is 14.0. The van der Waals surface area contributed by atoms with Crippen LogP contribution >= 0.6 is 35.0 Å². The molecule has 34 heavy (non-hydrogen) atoms. The molecule has 1 N–H and O–H groups in total. The summed E-state index contributed by atoms with van der Waals surface area (Å²) in [5.41, 5.74) is -7.45. The van der Waals surface area contributed by atoms with Crippen molar-refractivity contribution < 1.29 is 31.1 Å². The van der Waals surface area contributed by atoms with Gasteiger partial charge in [0.15, 0.2) is 0 Å². The summed E-state index contributed by atoms with van der Waals surface area (Å²) in [5.74, 6) is -0.777. The topological polar surface area (TPSA) is 70.7 Å². The van der Waals surface area contributed by atoms with Crippen molar-refractivity contribution in [3.8, 4) is 6.07 Å². The van der Waals surface area contributed by atoms with Gasteiger partial charge in [0, 0.05) is 22.0 Å². The van der Waals surface area contributed by atoms with Crippen molar-refractivity contribution in [3.05, 3.63) is 57.7 Å². The highest BCUT2D eigenvalue weighted by atomic mass is 35.5. The minimum atomic E-state index is -4.75. The predicted octanol–water partition coefficient (Wildman–Crippen LogP) is 6.69. The predicted molar refractivity (Wildman–Crippen MR) is 115 cm³/mol. The molecule has 1 aromatic heterocycles. The fraction of sp³-hybridized carbons (Fsp3) is 0.250. The molecule has 0 aliphatic rings. The second-order valence-electron chi connectivity index (χ2n) is 7.28. The van der Waals surface area contributed by atoms with E-state index in [1.807, 2.05) is 6.07 Å². The number of nitrogens with zero attached hydrogens (tertiary/aromatic N) is 3. The molecule has 0 aliphatic heterocycles. The monoisotopic (exact) mass is 540 g/mol. The van der Waals surface area contributed by atoms with Gasteiger partial charge in [-0.3, -0.25) is 9.48 Å². The number of benzene rings is 2. The number of amides is 1. The van der Waals surface area contributed by atoms with Crippen LogP contribution in [0.3, 0.4) is 0 Å². The third-order valence-corrected chi connectivity index (χ3v) is 6.03. The van der Waals surface area contributed by atoms with Gasteiger partial charge in [-0.2, -0.15) is 36.7 Å². The average molecular weight is 541 g/mol. The smallest absolute Gasteiger partial charge is 0.332 e. The van der Waals surface area contributed by atoms with Crippen molar-refractivity contribution in [1.29, 1.82) is 5.26 Å². The molecule has 0 radical (unpaired) electrons. The van der Waals surface area contributed by atoms with Crippen LogP contribution < -0.4 is 5.32 Å². The van der Waals surface area contributed by atoms with Gasteiger partial charge in [-0.15, -0.1) is 0 Å². The van der Waals surface area contributed by atoms with E-state index in [0.717, 1.165) is 35.1 Å². The number of nitrogens with one attached hydrogen (secondary N) is 1. The first-order valence-electron chi connectivity index (χ1n) is 9.14. The largest absolute Gasteiger partial charge is 0.446 e. The summed E-state index contributed by atoms with van der Waals surface area (Å²) in [4.78, 5) is 12.4. The third kappa shape index (κ3) is 5.89. The maximum absolute atomic E-state index is 13.4. The zero-order chi connectivity index (χ0) is 25.5. The molecule has 3 aromatic rings. The summed E-state index contributed by atoms with van der Waals surface area (Å²) in [6.07, 6.45) is -3.71. The Morgan fingerprint density at radius 3 is 2.32 bits per heavy atom. The highest BCUT2D eigenvalue weighted by Gasteiger charge is 2.36. The number of carbonyl (C=O) groups is 1. The van der Waals surface area contributed by atoms with Crippen molar-refractivity contribution in [2.24, 2.45) is 0 Å². The van der Waals surface area contributed by atoms with E-state index in [0.29, 0.717) is 6.07 Å². The number of nitriles is 1. The van der Waals surface area contributed by atoms with Crippen LogP contribution in [-0.4, -0.2) is 26.7 Å². The lowest BCUT2D eigenvalue weighted by molar-refractivity contribution is -0.136. The average Bonchev–Trinajstić information content (AvgIpc) is 3.12. The molecule has 1 heterocycles. The molecule has 14 heteroatoms. The summed E-state index contributed by atoms with van der Waals surface area (Å²) in [7, 11) is 0. The van der Waals surface area contributed by atoms with E-state index in [2.05, 4.69) is 10.4 Å². The van der Waals surface area contributed by atoms with E-state index in [-0.39, 0.29) is 49.7 Å². The lowest BCUT2D eigenvalue weighted by Gasteiger charge is -2.23. The molecule has 5 nitrogen and oxygen atoms in total. The maximum Gasteiger partial charge on any atom is 0.446 e. The van der Waals surface area contributed by atoms with E-state index in [4.69, 9.17) is 23.2 Å². The number of halogens is 8. The molecule has 180 valence electrons. The van der Waals surface area contributed by atoms with Crippen molar-refractivity contribution in [1.82, 2.24) is 15.1 Å². The SMILES string of the molecule is C[C@@](C#N)(Cn1cc2c(C(F)(F)F)cc(Cl)c(Cl)c2n1)NC(=O)c1ccc(SC(F)(F)F)cc1. The Morgan fingerprint density at radius 1 is 1.18 bits per heavy atom. The van der Waals surface area contributed by atoms with Gasteiger partial charge in [-0.05, 0) is 49.0 Å². The van der Waals surface area contributed by atoms with Crippen molar-refractivity contribution in [2.75, 3.05) is 0 Å². The molecule has 0 spiro atoms. The molecule has 0 bridgehead atoms. The van der Waals surface area contributed by atoms with Crippen molar-refractivity contribution in [3.63, 3.8) is 0 Å². The van der Waals surface area contributed by atoms with Crippen LogP contribution in [-0.2, 0) is 12.7 Å². The number of carbonyl (C=O) groups excluding carboxylic acids is 1. The minimum Gasteiger partial charge on any atom is -0.332 e. The van der Waals surface area contributed by atoms with Gasteiger partial charge in [0.25, 0.3) is 5.91 Å². The Morgan fingerprint density at radius 2 is 1.79 bits per heavy atom. The Bertz CT molecular complexity index is 1280. The van der Waals surface area contributed by atoms with Crippen LogP contribution in [0.1, 0.15) is 22.8 Å². The van der Waals surface area contributed by atoms with Crippen LogP contribution in [0.25, 0.3) is 10.9 Å². The number of hydrogen-bond donors (Lipinski definition) is 1. The van der Waals surface area contributed by atoms with Gasteiger partial charge in [0.2, 0.25) is 0 Å². The van der Waals surface area contributed by atoms with Crippen molar-refractivity contribution >= 4 is 51.8 Å². The van der Waals surface area contributed by atoms with E-state index in [1.54, 1.807) is 0 Å². The highest BCUT2D eigenvalue weighted by molar-refractivity contribution is 8.00. The molecule has 0 fully saturated rings. The minimum absolute atomic E-state index is 0.0205. The third-order valence-electron chi connectivity index (χ3n) is 4.51. The lowest BCUT2D eigenvalue weighted by Crippen LogP contribution is -2.48. The molecular weight excluding hydrogens is 529 g/mol. The molecule has 0 saturated carbocycles. The van der Waals surface area contributed by atoms with Crippen LogP contribution in [0.2, 0.25) is 10.0 Å². The van der Waals surface area contributed by atoms with Crippen LogP contribution in [0.5, 0.6) is 0 Å². The molecule has 3 rings (SSSR count). The zero-order valence-corrected chi connectivity index (χ0v) is 19.2. The summed E-state index contributed by atoms with van der Waals surface area (Å²) >= 11 is 11.5. The molecule has 1 atom stereocenters. The number of hydrogen-bond acceptors (Lipinski definition) is 4. The summed E-state index contributed by atoms with van der Waals surface area (Å²) < 4.78 is 78.6. The summed E-state index contributed by atoms with van der Waals surface area (Å²) in [5, 5.41) is 15.1. The van der Waals surface area contributed by atoms with E-state index in [1.165, 1.54) is 6.92 Å². The highest BCUT2D eigenvalue weighted by Crippen LogP contribution is 2.41. The van der Waals surface area contributed by atoms with Crippen LogP contribution in [0.4, 0.5) is 26.3 Å². The van der Waals surface area contributed by atoms with Crippen LogP contribution in [0, 0.1) is 11.3 Å². The number of alkyl halides is 6. The number of rotatable bonds is 5. The molecule has 0 unspecified atom stereocenters. The first kappa shape index (κ1) is 26.0.